The molecule has 0 spiro atoms. The van der Waals surface area contributed by atoms with Crippen molar-refractivity contribution < 1.29 is 9.53 Å². The number of benzene rings is 1. The second-order valence-electron chi connectivity index (χ2n) is 8.32. The predicted octanol–water partition coefficient (Wildman–Crippen LogP) is 4.95. The highest BCUT2D eigenvalue weighted by atomic mass is 35.5. The number of hydrogen-bond donors (Lipinski definition) is 1. The van der Waals surface area contributed by atoms with Crippen LogP contribution in [-0.2, 0) is 0 Å². The van der Waals surface area contributed by atoms with Crippen LogP contribution in [0.5, 0.6) is 5.75 Å². The number of ether oxygens (including phenoxy) is 1. The van der Waals surface area contributed by atoms with E-state index in [1.165, 1.54) is 12.4 Å². The quantitative estimate of drug-likeness (QED) is 0.744. The number of carbonyl (C=O) groups is 1. The topological polar surface area (TPSA) is 87.9 Å². The summed E-state index contributed by atoms with van der Waals surface area (Å²) in [7, 11) is 0. The van der Waals surface area contributed by atoms with E-state index in [1.807, 2.05) is 19.9 Å². The van der Waals surface area contributed by atoms with Crippen molar-refractivity contribution in [3.63, 3.8) is 0 Å². The Kier molecular flexibility index (Phi) is 7.10. The van der Waals surface area contributed by atoms with Gasteiger partial charge in [0.05, 0.1) is 16.1 Å². The molecule has 0 aliphatic heterocycles. The minimum atomic E-state index is -0.314. The van der Waals surface area contributed by atoms with Gasteiger partial charge in [0.25, 0.3) is 5.91 Å². The van der Waals surface area contributed by atoms with E-state index in [2.05, 4.69) is 43.0 Å². The summed E-state index contributed by atoms with van der Waals surface area (Å²) in [4.78, 5) is 20.8. The number of halogens is 1. The van der Waals surface area contributed by atoms with Crippen molar-refractivity contribution in [1.29, 1.82) is 5.26 Å². The van der Waals surface area contributed by atoms with Gasteiger partial charge in [0, 0.05) is 35.3 Å². The normalized spacial score (nSPS) is 20.6. The van der Waals surface area contributed by atoms with Gasteiger partial charge < -0.3 is 10.1 Å². The van der Waals surface area contributed by atoms with Crippen LogP contribution in [0.2, 0.25) is 5.02 Å². The molecule has 1 heterocycles. The van der Waals surface area contributed by atoms with Gasteiger partial charge in [0.1, 0.15) is 23.7 Å². The summed E-state index contributed by atoms with van der Waals surface area (Å²) in [6.45, 7) is 14.0. The Morgan fingerprint density at radius 2 is 1.73 bits per heavy atom. The van der Waals surface area contributed by atoms with Crippen molar-refractivity contribution in [3.8, 4) is 11.8 Å². The van der Waals surface area contributed by atoms with Gasteiger partial charge in [0.15, 0.2) is 0 Å². The van der Waals surface area contributed by atoms with Crippen LogP contribution >= 0.6 is 11.6 Å². The molecule has 30 heavy (non-hydrogen) atoms. The number of nitrogens with zero attached hydrogens (tertiary/aromatic N) is 3. The molecular formula is C23H29ClN4O2. The summed E-state index contributed by atoms with van der Waals surface area (Å²) in [6, 6.07) is 6.98. The number of nitrogens with one attached hydrogen (secondary N) is 1. The van der Waals surface area contributed by atoms with E-state index in [4.69, 9.17) is 21.6 Å². The second kappa shape index (κ2) is 9.01. The lowest BCUT2D eigenvalue weighted by atomic mass is 9.49. The van der Waals surface area contributed by atoms with Gasteiger partial charge in [-0.2, -0.15) is 5.26 Å². The Morgan fingerprint density at radius 1 is 1.17 bits per heavy atom. The Morgan fingerprint density at radius 3 is 2.23 bits per heavy atom. The van der Waals surface area contributed by atoms with Crippen LogP contribution in [-0.4, -0.2) is 28.0 Å². The van der Waals surface area contributed by atoms with E-state index in [9.17, 15) is 4.79 Å². The Bertz CT molecular complexity index is 933. The highest BCUT2D eigenvalue weighted by Crippen LogP contribution is 2.55. The number of nitriles is 1. The number of rotatable bonds is 4. The standard InChI is InChI=1S/C21H23ClN4O2.C2H6/c1-12-24-10-14(11-25-12)17(27)26-18-20(2,3)19(21(18,4)5)28-15-7-6-13(9-23)16(22)8-15;1-2/h6-8,10-11,18-19H,1-5H3,(H,26,27);1-2H3. The van der Waals surface area contributed by atoms with Crippen LogP contribution in [0.4, 0.5) is 0 Å². The lowest BCUT2D eigenvalue weighted by molar-refractivity contribution is -0.164. The van der Waals surface area contributed by atoms with Gasteiger partial charge in [-0.25, -0.2) is 9.97 Å². The summed E-state index contributed by atoms with van der Waals surface area (Å²) in [5.74, 6) is 1.02. The zero-order chi connectivity index (χ0) is 22.7. The number of hydrogen-bond acceptors (Lipinski definition) is 5. The smallest absolute Gasteiger partial charge is 0.254 e. The minimum absolute atomic E-state index is 0.104. The average Bonchev–Trinajstić information content (AvgIpc) is 2.71. The number of amides is 1. The number of carbonyl (C=O) groups excluding carboxylic acids is 1. The first-order valence-corrected chi connectivity index (χ1v) is 10.4. The highest BCUT2D eigenvalue weighted by Gasteiger charge is 2.64. The fourth-order valence-corrected chi connectivity index (χ4v) is 4.53. The monoisotopic (exact) mass is 428 g/mol. The molecule has 160 valence electrons. The molecule has 1 aliphatic carbocycles. The molecule has 1 N–H and O–H groups in total. The predicted molar refractivity (Wildman–Crippen MR) is 118 cm³/mol. The van der Waals surface area contributed by atoms with Crippen molar-refractivity contribution in [1.82, 2.24) is 15.3 Å². The van der Waals surface area contributed by atoms with E-state index < -0.39 is 0 Å². The van der Waals surface area contributed by atoms with Crippen molar-refractivity contribution in [2.45, 2.75) is 60.6 Å². The lowest BCUT2D eigenvalue weighted by Gasteiger charge is -2.63. The van der Waals surface area contributed by atoms with Gasteiger partial charge in [0.2, 0.25) is 0 Å². The Labute approximate surface area is 183 Å². The third-order valence-corrected chi connectivity index (χ3v) is 5.79. The number of aromatic nitrogens is 2. The Balaban J connectivity index is 0.00000155. The van der Waals surface area contributed by atoms with Gasteiger partial charge in [-0.1, -0.05) is 53.1 Å². The molecule has 7 heteroatoms. The highest BCUT2D eigenvalue weighted by molar-refractivity contribution is 6.31. The van der Waals surface area contributed by atoms with Gasteiger partial charge >= 0.3 is 0 Å². The molecule has 3 rings (SSSR count). The lowest BCUT2D eigenvalue weighted by Crippen LogP contribution is -2.74. The second-order valence-corrected chi connectivity index (χ2v) is 8.73. The van der Waals surface area contributed by atoms with Crippen molar-refractivity contribution in [2.75, 3.05) is 0 Å². The first-order chi connectivity index (χ1) is 14.1. The van der Waals surface area contributed by atoms with Crippen LogP contribution < -0.4 is 10.1 Å². The Hall–Kier alpha value is -2.65. The zero-order valence-electron chi connectivity index (χ0n) is 18.6. The fraction of sp³-hybridized carbons (Fsp3) is 0.478. The van der Waals surface area contributed by atoms with Crippen LogP contribution in [0.25, 0.3) is 0 Å². The molecule has 1 saturated carbocycles. The molecule has 0 atom stereocenters. The molecule has 0 unspecified atom stereocenters. The molecule has 1 aromatic carbocycles. The third-order valence-electron chi connectivity index (χ3n) is 5.47. The third kappa shape index (κ3) is 4.41. The summed E-state index contributed by atoms with van der Waals surface area (Å²) in [6.07, 6.45) is 2.91. The summed E-state index contributed by atoms with van der Waals surface area (Å²) in [5, 5.41) is 12.5. The van der Waals surface area contributed by atoms with E-state index in [1.54, 1.807) is 25.1 Å². The van der Waals surface area contributed by atoms with Gasteiger partial charge in [-0.05, 0) is 19.1 Å². The maximum absolute atomic E-state index is 12.6. The molecule has 1 aliphatic rings. The van der Waals surface area contributed by atoms with Crippen molar-refractivity contribution in [2.24, 2.45) is 10.8 Å². The molecule has 2 aromatic rings. The van der Waals surface area contributed by atoms with Crippen LogP contribution in [0, 0.1) is 29.1 Å². The fourth-order valence-electron chi connectivity index (χ4n) is 4.32. The molecule has 1 aromatic heterocycles. The van der Waals surface area contributed by atoms with Gasteiger partial charge in [-0.3, -0.25) is 4.79 Å². The molecule has 1 amide bonds. The van der Waals surface area contributed by atoms with Crippen LogP contribution in [0.1, 0.15) is 63.3 Å². The first kappa shape index (κ1) is 23.6. The SMILES string of the molecule is CC.Cc1ncc(C(=O)NC2C(C)(C)C(Oc3ccc(C#N)c(Cl)c3)C2(C)C)cn1. The minimum Gasteiger partial charge on any atom is -0.489 e. The van der Waals surface area contributed by atoms with E-state index >= 15 is 0 Å². The molecule has 6 nitrogen and oxygen atoms in total. The summed E-state index contributed by atoms with van der Waals surface area (Å²) >= 11 is 6.12. The van der Waals surface area contributed by atoms with Gasteiger partial charge in [-0.15, -0.1) is 0 Å². The molecule has 0 saturated heterocycles. The van der Waals surface area contributed by atoms with E-state index in [0.29, 0.717) is 27.7 Å². The van der Waals surface area contributed by atoms with E-state index in [-0.39, 0.29) is 28.9 Å². The zero-order valence-corrected chi connectivity index (χ0v) is 19.3. The summed E-state index contributed by atoms with van der Waals surface area (Å²) in [5.41, 5.74) is 0.211. The first-order valence-electron chi connectivity index (χ1n) is 10.0. The van der Waals surface area contributed by atoms with Crippen LogP contribution in [0.15, 0.2) is 30.6 Å². The number of aryl methyl sites for hydroxylation is 1. The van der Waals surface area contributed by atoms with E-state index in [0.717, 1.165) is 0 Å². The maximum atomic E-state index is 12.6. The summed E-state index contributed by atoms with van der Waals surface area (Å²) < 4.78 is 6.22. The average molecular weight is 429 g/mol. The van der Waals surface area contributed by atoms with Crippen molar-refractivity contribution in [3.05, 3.63) is 52.6 Å². The molecule has 1 fully saturated rings. The maximum Gasteiger partial charge on any atom is 0.254 e. The molecule has 0 radical (unpaired) electrons. The van der Waals surface area contributed by atoms with Crippen molar-refractivity contribution >= 4 is 17.5 Å². The largest absolute Gasteiger partial charge is 0.489 e. The van der Waals surface area contributed by atoms with Crippen LogP contribution in [0.3, 0.4) is 0 Å². The molecule has 0 bridgehead atoms. The molecular weight excluding hydrogens is 400 g/mol.